The van der Waals surface area contributed by atoms with Crippen molar-refractivity contribution < 1.29 is 32.7 Å². The van der Waals surface area contributed by atoms with Crippen molar-refractivity contribution >= 4 is 61.8 Å². The molecular weight excluding hydrogens is 599 g/mol. The zero-order valence-corrected chi connectivity index (χ0v) is 23.5. The van der Waals surface area contributed by atoms with Crippen LogP contribution in [0.5, 0.6) is 0 Å². The number of benzene rings is 2. The van der Waals surface area contributed by atoms with E-state index in [-0.39, 0.29) is 68.6 Å². The number of fused-ring (bicyclic) bond motifs is 3. The molecule has 212 valence electrons. The van der Waals surface area contributed by atoms with Gasteiger partial charge in [-0.1, -0.05) is 45.8 Å². The summed E-state index contributed by atoms with van der Waals surface area (Å²) in [6.45, 7) is 0. The molecule has 13 heteroatoms. The predicted octanol–water partition coefficient (Wildman–Crippen LogP) is 7.41. The van der Waals surface area contributed by atoms with Crippen LogP contribution in [0.2, 0.25) is 10.0 Å². The molecule has 0 spiro atoms. The standard InChI is InChI=1S/C28H21Cl2F2N3O5S/c29-16-2-1-3-17(30)20(16)23-21(24(40-34-23)28(32)6-7-28)26(38)39-15-10-13-4-5-14(11-15)35(13)27-33-22-18(31)8-12(25(36)37)9-19(22)41-27/h1-3,8-9,13-15H,4-7,10-11H2,(H,36,37)/t13-,14+,15?. The van der Waals surface area contributed by atoms with Crippen molar-refractivity contribution in [2.24, 2.45) is 0 Å². The van der Waals surface area contributed by atoms with E-state index in [1.807, 2.05) is 0 Å². The van der Waals surface area contributed by atoms with E-state index in [2.05, 4.69) is 15.0 Å². The van der Waals surface area contributed by atoms with Crippen LogP contribution in [0.1, 0.15) is 65.0 Å². The van der Waals surface area contributed by atoms with Gasteiger partial charge in [0.2, 0.25) is 0 Å². The molecule has 1 aliphatic carbocycles. The number of piperidine rings is 1. The Morgan fingerprint density at radius 3 is 2.46 bits per heavy atom. The second-order valence-corrected chi connectivity index (χ2v) is 12.5. The van der Waals surface area contributed by atoms with Gasteiger partial charge in [0.1, 0.15) is 22.9 Å². The molecule has 1 N–H and O–H groups in total. The van der Waals surface area contributed by atoms with Crippen LogP contribution >= 0.6 is 34.5 Å². The fraction of sp³-hybridized carbons (Fsp3) is 0.357. The summed E-state index contributed by atoms with van der Waals surface area (Å²) in [6.07, 6.45) is 2.58. The Kier molecular flexibility index (Phi) is 6.26. The highest BCUT2D eigenvalue weighted by Gasteiger charge is 2.53. The molecule has 2 aromatic carbocycles. The number of hydrogen-bond acceptors (Lipinski definition) is 8. The first-order valence-corrected chi connectivity index (χ1v) is 14.7. The first kappa shape index (κ1) is 26.6. The van der Waals surface area contributed by atoms with Gasteiger partial charge in [0.15, 0.2) is 22.4 Å². The molecule has 2 aliphatic heterocycles. The highest BCUT2D eigenvalue weighted by atomic mass is 35.5. The molecule has 7 rings (SSSR count). The number of anilines is 1. The van der Waals surface area contributed by atoms with Gasteiger partial charge < -0.3 is 19.3 Å². The van der Waals surface area contributed by atoms with Crippen LogP contribution in [0.3, 0.4) is 0 Å². The molecule has 1 saturated carbocycles. The van der Waals surface area contributed by atoms with Gasteiger partial charge in [0.25, 0.3) is 0 Å². The Bertz CT molecular complexity index is 1700. The summed E-state index contributed by atoms with van der Waals surface area (Å²) in [5.74, 6) is -2.82. The van der Waals surface area contributed by atoms with Crippen molar-refractivity contribution in [3.8, 4) is 11.3 Å². The normalized spacial score (nSPS) is 22.7. The van der Waals surface area contributed by atoms with Crippen LogP contribution in [0.25, 0.3) is 21.5 Å². The summed E-state index contributed by atoms with van der Waals surface area (Å²) >= 11 is 14.0. The van der Waals surface area contributed by atoms with Gasteiger partial charge >= 0.3 is 11.9 Å². The largest absolute Gasteiger partial charge is 0.478 e. The second-order valence-electron chi connectivity index (χ2n) is 10.7. The maximum atomic E-state index is 15.2. The van der Waals surface area contributed by atoms with Crippen molar-refractivity contribution in [3.05, 3.63) is 63.1 Å². The highest BCUT2D eigenvalue weighted by Crippen LogP contribution is 2.53. The third kappa shape index (κ3) is 4.45. The molecule has 41 heavy (non-hydrogen) atoms. The molecule has 8 nitrogen and oxygen atoms in total. The fourth-order valence-corrected chi connectivity index (χ4v) is 7.71. The van der Waals surface area contributed by atoms with E-state index < -0.39 is 29.5 Å². The maximum absolute atomic E-state index is 15.2. The topological polar surface area (TPSA) is 106 Å². The molecule has 3 fully saturated rings. The number of alkyl halides is 1. The van der Waals surface area contributed by atoms with Gasteiger partial charge in [-0.15, -0.1) is 0 Å². The second kappa shape index (κ2) is 9.64. The smallest absolute Gasteiger partial charge is 0.344 e. The molecule has 3 atom stereocenters. The van der Waals surface area contributed by atoms with Crippen molar-refractivity contribution in [2.75, 3.05) is 4.90 Å². The summed E-state index contributed by atoms with van der Waals surface area (Å²) in [6, 6.07) is 7.19. The number of halogens is 4. The zero-order valence-electron chi connectivity index (χ0n) is 21.2. The minimum atomic E-state index is -1.79. The Morgan fingerprint density at radius 2 is 1.83 bits per heavy atom. The van der Waals surface area contributed by atoms with E-state index in [9.17, 15) is 19.1 Å². The molecule has 4 aromatic rings. The van der Waals surface area contributed by atoms with E-state index in [0.717, 1.165) is 18.9 Å². The molecular formula is C28H21Cl2F2N3O5S. The van der Waals surface area contributed by atoms with Gasteiger partial charge in [-0.25, -0.2) is 23.4 Å². The lowest BCUT2D eigenvalue weighted by Gasteiger charge is -2.38. The van der Waals surface area contributed by atoms with Gasteiger partial charge in [0, 0.05) is 30.5 Å². The third-order valence-corrected chi connectivity index (χ3v) is 9.71. The monoisotopic (exact) mass is 619 g/mol. The van der Waals surface area contributed by atoms with Crippen LogP contribution in [-0.4, -0.2) is 45.4 Å². The average molecular weight is 620 g/mol. The molecule has 2 aromatic heterocycles. The number of hydrogen-bond donors (Lipinski definition) is 1. The quantitative estimate of drug-likeness (QED) is 0.222. The van der Waals surface area contributed by atoms with Gasteiger partial charge in [0.05, 0.1) is 20.3 Å². The van der Waals surface area contributed by atoms with E-state index in [1.165, 1.54) is 17.4 Å². The first-order valence-electron chi connectivity index (χ1n) is 13.1. The van der Waals surface area contributed by atoms with E-state index in [0.29, 0.717) is 22.7 Å². The average Bonchev–Trinajstić information content (AvgIpc) is 3.23. The highest BCUT2D eigenvalue weighted by molar-refractivity contribution is 7.22. The zero-order chi connectivity index (χ0) is 28.6. The Labute approximate surface area is 245 Å². The summed E-state index contributed by atoms with van der Waals surface area (Å²) in [7, 11) is 0. The Hall–Kier alpha value is -3.28. The number of carboxylic acids is 1. The Balaban J connectivity index is 1.15. The van der Waals surface area contributed by atoms with Crippen molar-refractivity contribution in [3.63, 3.8) is 0 Å². The number of nitrogens with zero attached hydrogens (tertiary/aromatic N) is 3. The number of aromatic carboxylic acids is 1. The maximum Gasteiger partial charge on any atom is 0.344 e. The minimum Gasteiger partial charge on any atom is -0.478 e. The van der Waals surface area contributed by atoms with Gasteiger partial charge in [-0.3, -0.25) is 0 Å². The van der Waals surface area contributed by atoms with Crippen LogP contribution < -0.4 is 4.90 Å². The molecule has 2 bridgehead atoms. The number of esters is 1. The lowest BCUT2D eigenvalue weighted by Crippen LogP contribution is -2.46. The molecule has 3 aliphatic rings. The molecule has 4 heterocycles. The summed E-state index contributed by atoms with van der Waals surface area (Å²) in [5, 5.41) is 14.4. The fourth-order valence-electron chi connectivity index (χ4n) is 5.97. The van der Waals surface area contributed by atoms with E-state index in [4.69, 9.17) is 32.5 Å². The predicted molar refractivity (Wildman–Crippen MR) is 148 cm³/mol. The minimum absolute atomic E-state index is 0.0236. The number of aromatic nitrogens is 2. The SMILES string of the molecule is O=C(O)c1cc(F)c2nc(N3[C@@H]4CC[C@H]3CC(OC(=O)c3c(-c5c(Cl)cccc5Cl)noc3C3(F)CC3)C4)sc2c1. The molecule has 1 unspecified atom stereocenters. The number of carbonyl (C=O) groups is 2. The summed E-state index contributed by atoms with van der Waals surface area (Å²) < 4.78 is 41.6. The lowest BCUT2D eigenvalue weighted by molar-refractivity contribution is 0.0198. The van der Waals surface area contributed by atoms with Crippen LogP contribution in [0.15, 0.2) is 34.9 Å². The Morgan fingerprint density at radius 1 is 1.15 bits per heavy atom. The molecule has 0 radical (unpaired) electrons. The third-order valence-electron chi connectivity index (χ3n) is 8.06. The number of carbonyl (C=O) groups excluding carboxylic acids is 1. The number of carboxylic acid groups (broad SMARTS) is 1. The lowest BCUT2D eigenvalue weighted by atomic mass is 9.99. The van der Waals surface area contributed by atoms with Crippen molar-refractivity contribution in [1.29, 1.82) is 0 Å². The summed E-state index contributed by atoms with van der Waals surface area (Å²) in [4.78, 5) is 31.6. The van der Waals surface area contributed by atoms with Crippen molar-refractivity contribution in [1.82, 2.24) is 10.1 Å². The van der Waals surface area contributed by atoms with Crippen LogP contribution in [0.4, 0.5) is 13.9 Å². The van der Waals surface area contributed by atoms with E-state index in [1.54, 1.807) is 18.2 Å². The number of ether oxygens (including phenoxy) is 1. The molecule has 0 amide bonds. The van der Waals surface area contributed by atoms with Gasteiger partial charge in [-0.05, 0) is 49.9 Å². The van der Waals surface area contributed by atoms with Crippen molar-refractivity contribution in [2.45, 2.75) is 62.4 Å². The van der Waals surface area contributed by atoms with Crippen LogP contribution in [0, 0.1) is 5.82 Å². The van der Waals surface area contributed by atoms with E-state index >= 15 is 4.39 Å². The summed E-state index contributed by atoms with van der Waals surface area (Å²) in [5.41, 5.74) is -1.59. The van der Waals surface area contributed by atoms with Crippen LogP contribution in [-0.2, 0) is 10.4 Å². The number of thiazole rings is 1. The number of rotatable bonds is 6. The molecule has 2 saturated heterocycles. The first-order chi connectivity index (χ1) is 19.6. The van der Waals surface area contributed by atoms with Gasteiger partial charge in [-0.2, -0.15) is 0 Å².